The number of rotatable bonds is 4. The summed E-state index contributed by atoms with van der Waals surface area (Å²) in [6.07, 6.45) is 0. The van der Waals surface area contributed by atoms with Crippen LogP contribution in [-0.2, 0) is 6.54 Å². The zero-order valence-corrected chi connectivity index (χ0v) is 12.2. The first-order valence-corrected chi connectivity index (χ1v) is 6.61. The van der Waals surface area contributed by atoms with E-state index in [2.05, 4.69) is 30.4 Å². The molecule has 0 heterocycles. The Balaban J connectivity index is 2.45. The van der Waals surface area contributed by atoms with Crippen molar-refractivity contribution < 1.29 is 4.74 Å². The van der Waals surface area contributed by atoms with Crippen LogP contribution in [0.2, 0.25) is 5.02 Å². The normalized spacial score (nSPS) is 10.5. The zero-order chi connectivity index (χ0) is 13.8. The van der Waals surface area contributed by atoms with E-state index < -0.39 is 0 Å². The van der Waals surface area contributed by atoms with Crippen molar-refractivity contribution in [2.45, 2.75) is 13.5 Å². The molecule has 1 N–H and O–H groups in total. The lowest BCUT2D eigenvalue weighted by Gasteiger charge is -2.11. The number of ether oxygens (including phenoxy) is 1. The Morgan fingerprint density at radius 2 is 1.95 bits per heavy atom. The van der Waals surface area contributed by atoms with Crippen molar-refractivity contribution in [2.75, 3.05) is 14.2 Å². The molecular formula is C16H18ClNO. The molecule has 0 atom stereocenters. The van der Waals surface area contributed by atoms with Crippen molar-refractivity contribution in [1.82, 2.24) is 5.32 Å². The number of benzene rings is 2. The van der Waals surface area contributed by atoms with Gasteiger partial charge in [0.05, 0.1) is 12.1 Å². The Kier molecular flexibility index (Phi) is 4.46. The highest BCUT2D eigenvalue weighted by Crippen LogP contribution is 2.32. The minimum Gasteiger partial charge on any atom is -0.495 e. The molecule has 0 aromatic heterocycles. The van der Waals surface area contributed by atoms with Crippen LogP contribution in [0.1, 0.15) is 11.1 Å². The van der Waals surface area contributed by atoms with Crippen LogP contribution in [-0.4, -0.2) is 14.2 Å². The van der Waals surface area contributed by atoms with E-state index in [-0.39, 0.29) is 0 Å². The fourth-order valence-corrected chi connectivity index (χ4v) is 2.39. The fraction of sp³-hybridized carbons (Fsp3) is 0.250. The van der Waals surface area contributed by atoms with Crippen LogP contribution in [0.4, 0.5) is 0 Å². The highest BCUT2D eigenvalue weighted by molar-refractivity contribution is 6.32. The van der Waals surface area contributed by atoms with Gasteiger partial charge in [-0.1, -0.05) is 29.8 Å². The summed E-state index contributed by atoms with van der Waals surface area (Å²) in [5, 5.41) is 3.80. The summed E-state index contributed by atoms with van der Waals surface area (Å²) in [6, 6.07) is 12.4. The molecule has 0 radical (unpaired) electrons. The molecule has 0 aliphatic rings. The summed E-state index contributed by atoms with van der Waals surface area (Å²) < 4.78 is 5.19. The quantitative estimate of drug-likeness (QED) is 0.909. The number of methoxy groups -OCH3 is 1. The van der Waals surface area contributed by atoms with Gasteiger partial charge in [0.25, 0.3) is 0 Å². The molecular weight excluding hydrogens is 258 g/mol. The van der Waals surface area contributed by atoms with E-state index in [1.165, 1.54) is 16.7 Å². The van der Waals surface area contributed by atoms with Crippen LogP contribution >= 0.6 is 11.6 Å². The topological polar surface area (TPSA) is 21.3 Å². The predicted molar refractivity (Wildman–Crippen MR) is 80.9 cm³/mol. The Hall–Kier alpha value is -1.51. The molecule has 0 amide bonds. The van der Waals surface area contributed by atoms with Gasteiger partial charge in [0.2, 0.25) is 0 Å². The van der Waals surface area contributed by atoms with Crippen molar-refractivity contribution in [3.8, 4) is 16.9 Å². The van der Waals surface area contributed by atoms with Gasteiger partial charge in [-0.15, -0.1) is 0 Å². The molecule has 0 unspecified atom stereocenters. The lowest BCUT2D eigenvalue weighted by atomic mass is 9.98. The molecule has 3 heteroatoms. The molecule has 0 saturated heterocycles. The minimum atomic E-state index is 0.637. The minimum absolute atomic E-state index is 0.637. The van der Waals surface area contributed by atoms with Crippen molar-refractivity contribution in [2.24, 2.45) is 0 Å². The van der Waals surface area contributed by atoms with Crippen LogP contribution in [0.5, 0.6) is 5.75 Å². The molecule has 100 valence electrons. The molecule has 2 rings (SSSR count). The van der Waals surface area contributed by atoms with E-state index in [0.29, 0.717) is 10.8 Å². The van der Waals surface area contributed by atoms with Crippen molar-refractivity contribution in [3.63, 3.8) is 0 Å². The van der Waals surface area contributed by atoms with E-state index in [9.17, 15) is 0 Å². The second-order valence-corrected chi connectivity index (χ2v) is 4.94. The molecule has 19 heavy (non-hydrogen) atoms. The molecule has 0 spiro atoms. The second-order valence-electron chi connectivity index (χ2n) is 4.53. The molecule has 2 aromatic rings. The first-order chi connectivity index (χ1) is 9.15. The maximum Gasteiger partial charge on any atom is 0.137 e. The van der Waals surface area contributed by atoms with Crippen molar-refractivity contribution in [3.05, 3.63) is 52.5 Å². The van der Waals surface area contributed by atoms with E-state index >= 15 is 0 Å². The first kappa shape index (κ1) is 13.9. The average Bonchev–Trinajstić information content (AvgIpc) is 2.41. The fourth-order valence-electron chi connectivity index (χ4n) is 2.13. The lowest BCUT2D eigenvalue weighted by molar-refractivity contribution is 0.415. The van der Waals surface area contributed by atoms with Gasteiger partial charge in [0.15, 0.2) is 0 Å². The standard InChI is InChI=1S/C16H18ClNO/c1-11-4-5-12(10-18-2)8-14(11)13-6-7-16(19-3)15(17)9-13/h4-9,18H,10H2,1-3H3. The number of aryl methyl sites for hydroxylation is 1. The van der Waals surface area contributed by atoms with E-state index in [1.54, 1.807) is 7.11 Å². The number of halogens is 1. The first-order valence-electron chi connectivity index (χ1n) is 6.23. The third-order valence-corrected chi connectivity index (χ3v) is 3.44. The summed E-state index contributed by atoms with van der Waals surface area (Å²) in [4.78, 5) is 0. The van der Waals surface area contributed by atoms with Crippen molar-refractivity contribution in [1.29, 1.82) is 0 Å². The number of hydrogen-bond donors (Lipinski definition) is 1. The molecule has 0 saturated carbocycles. The summed E-state index contributed by atoms with van der Waals surface area (Å²) in [5.41, 5.74) is 4.81. The lowest BCUT2D eigenvalue weighted by Crippen LogP contribution is -2.05. The molecule has 0 aliphatic carbocycles. The molecule has 2 nitrogen and oxygen atoms in total. The van der Waals surface area contributed by atoms with Crippen LogP contribution in [0.15, 0.2) is 36.4 Å². The number of hydrogen-bond acceptors (Lipinski definition) is 2. The van der Waals surface area contributed by atoms with Gasteiger partial charge in [-0.05, 0) is 54.4 Å². The maximum absolute atomic E-state index is 6.20. The third kappa shape index (κ3) is 3.09. The van der Waals surface area contributed by atoms with E-state index in [4.69, 9.17) is 16.3 Å². The van der Waals surface area contributed by atoms with Gasteiger partial charge in [-0.3, -0.25) is 0 Å². The predicted octanol–water partition coefficient (Wildman–Crippen LogP) is 4.04. The Morgan fingerprint density at radius 3 is 2.58 bits per heavy atom. The van der Waals surface area contributed by atoms with E-state index in [0.717, 1.165) is 12.1 Å². The molecule has 2 aromatic carbocycles. The summed E-state index contributed by atoms with van der Waals surface area (Å²) in [5.74, 6) is 0.703. The third-order valence-electron chi connectivity index (χ3n) is 3.15. The van der Waals surface area contributed by atoms with Crippen LogP contribution in [0, 0.1) is 6.92 Å². The Labute approximate surface area is 119 Å². The largest absolute Gasteiger partial charge is 0.495 e. The second kappa shape index (κ2) is 6.09. The zero-order valence-electron chi connectivity index (χ0n) is 11.5. The summed E-state index contributed by atoms with van der Waals surface area (Å²) in [6.45, 7) is 2.97. The van der Waals surface area contributed by atoms with Gasteiger partial charge in [-0.25, -0.2) is 0 Å². The Bertz CT molecular complexity index is 581. The molecule has 0 bridgehead atoms. The van der Waals surface area contributed by atoms with Gasteiger partial charge < -0.3 is 10.1 Å². The SMILES string of the molecule is CNCc1ccc(C)c(-c2ccc(OC)c(Cl)c2)c1. The van der Waals surface area contributed by atoms with Gasteiger partial charge in [0, 0.05) is 6.54 Å². The molecule has 0 aliphatic heterocycles. The molecule has 0 fully saturated rings. The highest BCUT2D eigenvalue weighted by Gasteiger charge is 2.07. The van der Waals surface area contributed by atoms with Gasteiger partial charge in [0.1, 0.15) is 5.75 Å². The summed E-state index contributed by atoms with van der Waals surface area (Å²) in [7, 11) is 3.57. The van der Waals surface area contributed by atoms with E-state index in [1.807, 2.05) is 25.2 Å². The Morgan fingerprint density at radius 1 is 1.16 bits per heavy atom. The van der Waals surface area contributed by atoms with Crippen LogP contribution < -0.4 is 10.1 Å². The highest BCUT2D eigenvalue weighted by atomic mass is 35.5. The smallest absolute Gasteiger partial charge is 0.137 e. The average molecular weight is 276 g/mol. The number of nitrogens with one attached hydrogen (secondary N) is 1. The summed E-state index contributed by atoms with van der Waals surface area (Å²) >= 11 is 6.20. The van der Waals surface area contributed by atoms with Crippen LogP contribution in [0.3, 0.4) is 0 Å². The van der Waals surface area contributed by atoms with Crippen molar-refractivity contribution >= 4 is 11.6 Å². The van der Waals surface area contributed by atoms with Gasteiger partial charge >= 0.3 is 0 Å². The van der Waals surface area contributed by atoms with Gasteiger partial charge in [-0.2, -0.15) is 0 Å². The monoisotopic (exact) mass is 275 g/mol. The van der Waals surface area contributed by atoms with Crippen LogP contribution in [0.25, 0.3) is 11.1 Å². The maximum atomic E-state index is 6.20.